The van der Waals surface area contributed by atoms with E-state index in [4.69, 9.17) is 23.2 Å². The van der Waals surface area contributed by atoms with Gasteiger partial charge in [0, 0.05) is 23.3 Å². The quantitative estimate of drug-likeness (QED) is 0.210. The van der Waals surface area contributed by atoms with E-state index in [0.717, 1.165) is 41.6 Å². The molecule has 0 aliphatic rings. The van der Waals surface area contributed by atoms with Crippen molar-refractivity contribution in [3.05, 3.63) is 87.5 Å². The van der Waals surface area contributed by atoms with E-state index in [1.54, 1.807) is 36.7 Å². The van der Waals surface area contributed by atoms with Crippen molar-refractivity contribution in [1.29, 1.82) is 0 Å². The summed E-state index contributed by atoms with van der Waals surface area (Å²) in [4.78, 5) is 20.7. The van der Waals surface area contributed by atoms with Crippen molar-refractivity contribution in [3.63, 3.8) is 0 Å². The molecule has 4 rings (SSSR count). The van der Waals surface area contributed by atoms with E-state index in [2.05, 4.69) is 20.0 Å². The van der Waals surface area contributed by atoms with Gasteiger partial charge in [-0.05, 0) is 73.3 Å². The number of aromatic amines is 1. The van der Waals surface area contributed by atoms with Crippen LogP contribution in [0.3, 0.4) is 0 Å². The zero-order valence-corrected chi connectivity index (χ0v) is 20.9. The lowest BCUT2D eigenvalue weighted by Crippen LogP contribution is -2.29. The van der Waals surface area contributed by atoms with Gasteiger partial charge >= 0.3 is 0 Å². The van der Waals surface area contributed by atoms with Crippen molar-refractivity contribution in [3.8, 4) is 0 Å². The number of H-pyrrole nitrogens is 1. The van der Waals surface area contributed by atoms with E-state index in [9.17, 15) is 9.18 Å². The Hall–Kier alpha value is -2.74. The standard InChI is InChI=1S/C25H23Cl2FN4OS/c1-3-4-19(21-11-14(2)9-10-29-21)31-25(33)15-5-8-22(18(28)12-15)34-32-20-7-6-16(26)23-17(27)13-30-24(20)23/h5-13,19,30,32H,3-4H2,1-2H3,(H,31,33). The lowest BCUT2D eigenvalue weighted by Gasteiger charge is -2.18. The third kappa shape index (κ3) is 5.32. The highest BCUT2D eigenvalue weighted by molar-refractivity contribution is 8.00. The van der Waals surface area contributed by atoms with Crippen LogP contribution in [0.15, 0.2) is 59.8 Å². The Labute approximate surface area is 211 Å². The fraction of sp³-hybridized carbons (Fsp3) is 0.200. The molecule has 0 spiro atoms. The minimum atomic E-state index is -0.499. The van der Waals surface area contributed by atoms with Crippen LogP contribution in [0.1, 0.15) is 47.4 Å². The smallest absolute Gasteiger partial charge is 0.251 e. The lowest BCUT2D eigenvalue weighted by molar-refractivity contribution is 0.0933. The molecule has 0 radical (unpaired) electrons. The number of hydrogen-bond acceptors (Lipinski definition) is 4. The van der Waals surface area contributed by atoms with Gasteiger partial charge in [-0.1, -0.05) is 36.5 Å². The number of aryl methyl sites for hydroxylation is 1. The summed E-state index contributed by atoms with van der Waals surface area (Å²) in [6, 6.07) is 11.6. The molecule has 1 atom stereocenters. The normalized spacial score (nSPS) is 12.0. The van der Waals surface area contributed by atoms with Crippen molar-refractivity contribution in [1.82, 2.24) is 15.3 Å². The number of amides is 1. The molecule has 0 saturated carbocycles. The maximum Gasteiger partial charge on any atom is 0.251 e. The van der Waals surface area contributed by atoms with Crippen LogP contribution in [0.4, 0.5) is 10.1 Å². The average molecular weight is 517 g/mol. The van der Waals surface area contributed by atoms with Gasteiger partial charge in [-0.15, -0.1) is 0 Å². The third-order valence-electron chi connectivity index (χ3n) is 5.38. The summed E-state index contributed by atoms with van der Waals surface area (Å²) < 4.78 is 18.0. The Morgan fingerprint density at radius 1 is 1.18 bits per heavy atom. The van der Waals surface area contributed by atoms with Crippen molar-refractivity contribution in [2.45, 2.75) is 37.6 Å². The number of nitrogens with one attached hydrogen (secondary N) is 3. The first kappa shape index (κ1) is 24.4. The third-order valence-corrected chi connectivity index (χ3v) is 6.86. The van der Waals surface area contributed by atoms with Crippen LogP contribution in [-0.4, -0.2) is 15.9 Å². The molecule has 34 heavy (non-hydrogen) atoms. The van der Waals surface area contributed by atoms with E-state index in [-0.39, 0.29) is 17.5 Å². The molecule has 176 valence electrons. The van der Waals surface area contributed by atoms with Gasteiger partial charge in [-0.3, -0.25) is 9.78 Å². The first-order chi connectivity index (χ1) is 16.4. The summed E-state index contributed by atoms with van der Waals surface area (Å²) in [5.74, 6) is -0.841. The number of halogens is 3. The second kappa shape index (κ2) is 10.7. The van der Waals surface area contributed by atoms with E-state index in [1.165, 1.54) is 6.07 Å². The summed E-state index contributed by atoms with van der Waals surface area (Å²) in [5.41, 5.74) is 3.56. The van der Waals surface area contributed by atoms with Crippen LogP contribution in [0.25, 0.3) is 10.9 Å². The maximum atomic E-state index is 14.9. The summed E-state index contributed by atoms with van der Waals surface area (Å²) in [6.07, 6.45) is 4.99. The zero-order valence-electron chi connectivity index (χ0n) is 18.6. The molecule has 2 aromatic heterocycles. The van der Waals surface area contributed by atoms with Crippen LogP contribution < -0.4 is 10.0 Å². The van der Waals surface area contributed by atoms with Crippen molar-refractivity contribution < 1.29 is 9.18 Å². The Balaban J connectivity index is 1.47. The maximum absolute atomic E-state index is 14.9. The lowest BCUT2D eigenvalue weighted by atomic mass is 10.1. The Morgan fingerprint density at radius 2 is 2.00 bits per heavy atom. The molecular formula is C25H23Cl2FN4OS. The largest absolute Gasteiger partial charge is 0.358 e. The molecule has 5 nitrogen and oxygen atoms in total. The Kier molecular flexibility index (Phi) is 7.66. The molecule has 4 aromatic rings. The first-order valence-corrected chi connectivity index (χ1v) is 12.4. The molecule has 0 aliphatic carbocycles. The van der Waals surface area contributed by atoms with Gasteiger partial charge in [-0.25, -0.2) is 4.39 Å². The van der Waals surface area contributed by atoms with Crippen LogP contribution >= 0.6 is 35.1 Å². The van der Waals surface area contributed by atoms with Gasteiger partial charge in [0.1, 0.15) is 5.82 Å². The average Bonchev–Trinajstić information content (AvgIpc) is 3.21. The van der Waals surface area contributed by atoms with Gasteiger partial charge < -0.3 is 15.0 Å². The summed E-state index contributed by atoms with van der Waals surface area (Å²) in [6.45, 7) is 4.03. The molecule has 0 fully saturated rings. The number of rotatable bonds is 8. The second-order valence-corrected chi connectivity index (χ2v) is 9.57. The first-order valence-electron chi connectivity index (χ1n) is 10.8. The highest BCUT2D eigenvalue weighted by atomic mass is 35.5. The number of aromatic nitrogens is 2. The molecular weight excluding hydrogens is 494 g/mol. The van der Waals surface area contributed by atoms with E-state index >= 15 is 0 Å². The zero-order chi connectivity index (χ0) is 24.2. The number of hydrogen-bond donors (Lipinski definition) is 3. The van der Waals surface area contributed by atoms with Crippen LogP contribution in [0.2, 0.25) is 10.0 Å². The van der Waals surface area contributed by atoms with Gasteiger partial charge in [-0.2, -0.15) is 0 Å². The number of anilines is 1. The topological polar surface area (TPSA) is 69.8 Å². The van der Waals surface area contributed by atoms with Gasteiger partial charge in [0.2, 0.25) is 0 Å². The minimum absolute atomic E-state index is 0.240. The molecule has 3 N–H and O–H groups in total. The van der Waals surface area contributed by atoms with Crippen molar-refractivity contribution >= 4 is 57.6 Å². The monoisotopic (exact) mass is 516 g/mol. The molecule has 1 unspecified atom stereocenters. The minimum Gasteiger partial charge on any atom is -0.358 e. The van der Waals surface area contributed by atoms with Crippen LogP contribution in [0.5, 0.6) is 0 Å². The number of carbonyl (C=O) groups excluding carboxylic acids is 1. The Morgan fingerprint density at radius 3 is 2.74 bits per heavy atom. The highest BCUT2D eigenvalue weighted by Crippen LogP contribution is 2.36. The summed E-state index contributed by atoms with van der Waals surface area (Å²) >= 11 is 13.5. The Bertz CT molecular complexity index is 1340. The summed E-state index contributed by atoms with van der Waals surface area (Å²) in [7, 11) is 0. The number of fused-ring (bicyclic) bond motifs is 1. The molecule has 2 heterocycles. The van der Waals surface area contributed by atoms with E-state index in [0.29, 0.717) is 26.0 Å². The van der Waals surface area contributed by atoms with E-state index < -0.39 is 5.82 Å². The molecule has 0 saturated heterocycles. The predicted molar refractivity (Wildman–Crippen MR) is 138 cm³/mol. The molecule has 0 bridgehead atoms. The number of benzene rings is 2. The van der Waals surface area contributed by atoms with Crippen LogP contribution in [0, 0.1) is 12.7 Å². The number of pyridine rings is 1. The number of nitrogens with zero attached hydrogens (tertiary/aromatic N) is 1. The fourth-order valence-electron chi connectivity index (χ4n) is 3.66. The summed E-state index contributed by atoms with van der Waals surface area (Å²) in [5, 5.41) is 4.73. The molecule has 9 heteroatoms. The SMILES string of the molecule is CCCC(NC(=O)c1ccc(SNc2ccc(Cl)c3c(Cl)c[nH]c23)c(F)c1)c1cc(C)ccn1. The molecule has 2 aromatic carbocycles. The van der Waals surface area contributed by atoms with Gasteiger partial charge in [0.25, 0.3) is 5.91 Å². The van der Waals surface area contributed by atoms with Crippen molar-refractivity contribution in [2.75, 3.05) is 4.72 Å². The van der Waals surface area contributed by atoms with E-state index in [1.807, 2.05) is 26.0 Å². The van der Waals surface area contributed by atoms with Crippen molar-refractivity contribution in [2.24, 2.45) is 0 Å². The molecule has 1 amide bonds. The highest BCUT2D eigenvalue weighted by Gasteiger charge is 2.18. The van der Waals surface area contributed by atoms with Gasteiger partial charge in [0.15, 0.2) is 0 Å². The fourth-order valence-corrected chi connectivity index (χ4v) is 4.90. The number of carbonyl (C=O) groups is 1. The predicted octanol–water partition coefficient (Wildman–Crippen LogP) is 7.71. The molecule has 0 aliphatic heterocycles. The van der Waals surface area contributed by atoms with Crippen LogP contribution in [-0.2, 0) is 0 Å². The van der Waals surface area contributed by atoms with Gasteiger partial charge in [0.05, 0.1) is 37.9 Å². The second-order valence-electron chi connectivity index (χ2n) is 7.90.